The fourth-order valence-corrected chi connectivity index (χ4v) is 3.94. The molecule has 210 valence electrons. The van der Waals surface area contributed by atoms with Gasteiger partial charge in [-0.1, -0.05) is 17.7 Å². The Morgan fingerprint density at radius 3 is 2.56 bits per heavy atom. The molecular formula is C28H36ClN5O5. The highest BCUT2D eigenvalue weighted by Crippen LogP contribution is 2.38. The third-order valence-corrected chi connectivity index (χ3v) is 5.85. The summed E-state index contributed by atoms with van der Waals surface area (Å²) < 4.78 is 22.1. The molecule has 2 N–H and O–H groups in total. The van der Waals surface area contributed by atoms with Crippen molar-refractivity contribution in [1.82, 2.24) is 14.9 Å². The van der Waals surface area contributed by atoms with Gasteiger partial charge in [-0.2, -0.15) is 0 Å². The molecule has 0 spiro atoms. The van der Waals surface area contributed by atoms with Crippen LogP contribution >= 0.6 is 11.6 Å². The number of nitrogens with one attached hydrogen (secondary N) is 2. The molecule has 3 aromatic rings. The van der Waals surface area contributed by atoms with Crippen LogP contribution in [0.25, 0.3) is 10.9 Å². The molecule has 0 atom stereocenters. The molecule has 1 aromatic heterocycles. The van der Waals surface area contributed by atoms with Crippen LogP contribution in [0.15, 0.2) is 42.7 Å². The van der Waals surface area contributed by atoms with Crippen LogP contribution in [0.3, 0.4) is 0 Å². The van der Waals surface area contributed by atoms with E-state index in [0.29, 0.717) is 78.8 Å². The van der Waals surface area contributed by atoms with Crippen LogP contribution in [0.4, 0.5) is 17.2 Å². The number of halogens is 1. The van der Waals surface area contributed by atoms with Gasteiger partial charge >= 0.3 is 0 Å². The van der Waals surface area contributed by atoms with Crippen molar-refractivity contribution >= 4 is 45.6 Å². The van der Waals surface area contributed by atoms with Gasteiger partial charge < -0.3 is 34.5 Å². The number of hydrogen-bond acceptors (Lipinski definition) is 9. The number of aryl methyl sites for hydroxylation is 1. The number of methoxy groups -OCH3 is 1. The van der Waals surface area contributed by atoms with Gasteiger partial charge in [-0.25, -0.2) is 9.97 Å². The first-order valence-electron chi connectivity index (χ1n) is 12.6. The minimum absolute atomic E-state index is 0.267. The van der Waals surface area contributed by atoms with Crippen LogP contribution in [0, 0.1) is 6.92 Å². The monoisotopic (exact) mass is 557 g/mol. The number of fused-ring (bicyclic) bond motifs is 1. The second kappa shape index (κ2) is 15.2. The summed E-state index contributed by atoms with van der Waals surface area (Å²) in [5.41, 5.74) is 2.66. The highest BCUT2D eigenvalue weighted by atomic mass is 35.5. The SMILES string of the molecule is CCOCCOc1cc2ncnc(Nc3ccc(OCCOC)c(Cl)c3)c2c(C)c1NC(=O)/C=C/CN(C)C. The molecule has 2 aromatic carbocycles. The molecule has 0 aliphatic rings. The summed E-state index contributed by atoms with van der Waals surface area (Å²) in [7, 11) is 5.48. The van der Waals surface area contributed by atoms with E-state index in [0.717, 1.165) is 10.9 Å². The van der Waals surface area contributed by atoms with Crippen LogP contribution < -0.4 is 20.1 Å². The largest absolute Gasteiger partial charge is 0.490 e. The number of benzene rings is 2. The molecule has 3 rings (SSSR count). The predicted octanol–water partition coefficient (Wildman–Crippen LogP) is 4.83. The van der Waals surface area contributed by atoms with Crippen molar-refractivity contribution in [3.8, 4) is 11.5 Å². The van der Waals surface area contributed by atoms with Gasteiger partial charge in [0, 0.05) is 43.5 Å². The Labute approximate surface area is 234 Å². The fourth-order valence-electron chi connectivity index (χ4n) is 3.71. The quantitative estimate of drug-likeness (QED) is 0.201. The number of carbonyl (C=O) groups is 1. The first-order valence-corrected chi connectivity index (χ1v) is 13.0. The molecule has 0 aliphatic heterocycles. The number of hydrogen-bond donors (Lipinski definition) is 2. The molecule has 39 heavy (non-hydrogen) atoms. The third kappa shape index (κ3) is 8.79. The van der Waals surface area contributed by atoms with Gasteiger partial charge in [-0.3, -0.25) is 4.79 Å². The van der Waals surface area contributed by atoms with Crippen LogP contribution in [0.2, 0.25) is 5.02 Å². The molecule has 0 radical (unpaired) electrons. The molecular weight excluding hydrogens is 522 g/mol. The molecule has 0 saturated carbocycles. The van der Waals surface area contributed by atoms with Gasteiger partial charge in [0.2, 0.25) is 5.91 Å². The maximum Gasteiger partial charge on any atom is 0.248 e. The number of carbonyl (C=O) groups excluding carboxylic acids is 1. The Hall–Kier alpha value is -3.44. The van der Waals surface area contributed by atoms with Crippen LogP contribution in [0.5, 0.6) is 11.5 Å². The lowest BCUT2D eigenvalue weighted by Crippen LogP contribution is -2.15. The van der Waals surface area contributed by atoms with Crippen molar-refractivity contribution in [1.29, 1.82) is 0 Å². The molecule has 0 fully saturated rings. The maximum absolute atomic E-state index is 12.8. The van der Waals surface area contributed by atoms with E-state index in [2.05, 4.69) is 20.6 Å². The van der Waals surface area contributed by atoms with Crippen molar-refractivity contribution in [2.75, 3.05) is 71.4 Å². The summed E-state index contributed by atoms with van der Waals surface area (Å²) >= 11 is 6.44. The van der Waals surface area contributed by atoms with Crippen LogP contribution in [0.1, 0.15) is 12.5 Å². The van der Waals surface area contributed by atoms with Gasteiger partial charge in [0.1, 0.15) is 36.9 Å². The van der Waals surface area contributed by atoms with Gasteiger partial charge in [0.15, 0.2) is 0 Å². The minimum atomic E-state index is -0.267. The first-order chi connectivity index (χ1) is 18.8. The summed E-state index contributed by atoms with van der Waals surface area (Å²) in [6, 6.07) is 7.18. The number of anilines is 3. The zero-order chi connectivity index (χ0) is 28.2. The zero-order valence-corrected chi connectivity index (χ0v) is 23.8. The summed E-state index contributed by atoms with van der Waals surface area (Å²) in [5.74, 6) is 1.35. The Bertz CT molecular complexity index is 1280. The summed E-state index contributed by atoms with van der Waals surface area (Å²) in [5, 5.41) is 7.48. The molecule has 0 unspecified atom stereocenters. The Morgan fingerprint density at radius 1 is 1.08 bits per heavy atom. The van der Waals surface area contributed by atoms with Crippen LogP contribution in [-0.2, 0) is 14.3 Å². The Kier molecular flexibility index (Phi) is 11.8. The lowest BCUT2D eigenvalue weighted by molar-refractivity contribution is -0.111. The zero-order valence-electron chi connectivity index (χ0n) is 23.0. The summed E-state index contributed by atoms with van der Waals surface area (Å²) in [4.78, 5) is 23.7. The topological polar surface area (TPSA) is 107 Å². The number of rotatable bonds is 15. The molecule has 10 nitrogen and oxygen atoms in total. The van der Waals surface area contributed by atoms with E-state index in [1.165, 1.54) is 12.4 Å². The highest BCUT2D eigenvalue weighted by Gasteiger charge is 2.18. The highest BCUT2D eigenvalue weighted by molar-refractivity contribution is 6.32. The summed E-state index contributed by atoms with van der Waals surface area (Å²) in [6.45, 7) is 6.65. The average molecular weight is 558 g/mol. The second-order valence-electron chi connectivity index (χ2n) is 8.80. The Balaban J connectivity index is 1.95. The first kappa shape index (κ1) is 30.1. The van der Waals surface area contributed by atoms with E-state index in [4.69, 9.17) is 30.5 Å². The lowest BCUT2D eigenvalue weighted by Gasteiger charge is -2.18. The van der Waals surface area contributed by atoms with E-state index in [1.54, 1.807) is 31.4 Å². The van der Waals surface area contributed by atoms with E-state index >= 15 is 0 Å². The van der Waals surface area contributed by atoms with E-state index in [-0.39, 0.29) is 5.91 Å². The average Bonchev–Trinajstić information content (AvgIpc) is 2.89. The predicted molar refractivity (Wildman–Crippen MR) is 155 cm³/mol. The van der Waals surface area contributed by atoms with Gasteiger partial charge in [0.25, 0.3) is 0 Å². The normalized spacial score (nSPS) is 11.4. The van der Waals surface area contributed by atoms with Crippen molar-refractivity contribution in [3.63, 3.8) is 0 Å². The smallest absolute Gasteiger partial charge is 0.248 e. The molecule has 1 heterocycles. The lowest BCUT2D eigenvalue weighted by atomic mass is 10.1. The van der Waals surface area contributed by atoms with E-state index in [1.807, 2.05) is 38.9 Å². The second-order valence-corrected chi connectivity index (χ2v) is 9.21. The van der Waals surface area contributed by atoms with Crippen molar-refractivity contribution in [3.05, 3.63) is 53.3 Å². The van der Waals surface area contributed by atoms with Crippen LogP contribution in [-0.4, -0.2) is 81.6 Å². The number of ether oxygens (including phenoxy) is 4. The molecule has 0 saturated heterocycles. The van der Waals surface area contributed by atoms with Gasteiger partial charge in [0.05, 0.1) is 29.4 Å². The number of amides is 1. The number of aromatic nitrogens is 2. The van der Waals surface area contributed by atoms with Crippen molar-refractivity contribution < 1.29 is 23.7 Å². The molecule has 1 amide bonds. The molecule has 0 bridgehead atoms. The minimum Gasteiger partial charge on any atom is -0.490 e. The number of likely N-dealkylation sites (N-methyl/N-ethyl adjacent to an activating group) is 1. The van der Waals surface area contributed by atoms with Gasteiger partial charge in [-0.15, -0.1) is 0 Å². The van der Waals surface area contributed by atoms with Gasteiger partial charge in [-0.05, 0) is 51.7 Å². The van der Waals surface area contributed by atoms with Crippen molar-refractivity contribution in [2.45, 2.75) is 13.8 Å². The summed E-state index contributed by atoms with van der Waals surface area (Å²) in [6.07, 6.45) is 4.77. The number of nitrogens with zero attached hydrogens (tertiary/aromatic N) is 3. The van der Waals surface area contributed by atoms with E-state index in [9.17, 15) is 4.79 Å². The van der Waals surface area contributed by atoms with E-state index < -0.39 is 0 Å². The third-order valence-electron chi connectivity index (χ3n) is 5.56. The fraction of sp³-hybridized carbons (Fsp3) is 0.393. The Morgan fingerprint density at radius 2 is 1.85 bits per heavy atom. The molecule has 11 heteroatoms. The standard InChI is InChI=1S/C28H36ClN5O5/c1-6-37-13-15-39-24-17-22-26(19(2)27(24)33-25(35)8-7-11-34(3)4)28(31-18-30-22)32-20-9-10-23(21(29)16-20)38-14-12-36-5/h7-10,16-18H,6,11-15H2,1-5H3,(H,33,35)(H,30,31,32)/b8-7+. The van der Waals surface area contributed by atoms with Crippen molar-refractivity contribution in [2.24, 2.45) is 0 Å². The molecule has 0 aliphatic carbocycles. The maximum atomic E-state index is 12.8.